The highest BCUT2D eigenvalue weighted by molar-refractivity contribution is 7.13. The minimum Gasteiger partial charge on any atom is -0.465 e. The molecule has 4 heterocycles. The highest BCUT2D eigenvalue weighted by Crippen LogP contribution is 2.31. The van der Waals surface area contributed by atoms with Crippen LogP contribution in [-0.4, -0.2) is 89.7 Å². The zero-order valence-electron chi connectivity index (χ0n) is 24.9. The summed E-state index contributed by atoms with van der Waals surface area (Å²) in [6.07, 6.45) is 1.47. The first-order valence-electron chi connectivity index (χ1n) is 14.7. The predicted octanol–water partition coefficient (Wildman–Crippen LogP) is 3.60. The number of benzene rings is 1. The number of nitrogens with one attached hydrogen (secondary N) is 1. The number of carbonyl (C=O) groups excluding carboxylic acids is 2. The number of carbonyl (C=O) groups is 3. The molecule has 12 nitrogen and oxygen atoms in total. The topological polar surface area (TPSA) is 154 Å². The Morgan fingerprint density at radius 2 is 1.79 bits per heavy atom. The van der Waals surface area contributed by atoms with Crippen molar-refractivity contribution in [3.05, 3.63) is 52.9 Å². The van der Waals surface area contributed by atoms with Crippen LogP contribution in [0.15, 0.2) is 36.0 Å². The average molecular weight is 610 g/mol. The molecule has 5 rings (SSSR count). The fourth-order valence-electron chi connectivity index (χ4n) is 6.05. The van der Waals surface area contributed by atoms with Gasteiger partial charge in [-0.15, -0.1) is 16.4 Å². The molecule has 0 bridgehead atoms. The summed E-state index contributed by atoms with van der Waals surface area (Å²) in [4.78, 5) is 47.0. The van der Waals surface area contributed by atoms with Crippen molar-refractivity contribution < 1.29 is 24.6 Å². The summed E-state index contributed by atoms with van der Waals surface area (Å²) < 4.78 is 1.56. The first-order valence-corrected chi connectivity index (χ1v) is 15.6. The summed E-state index contributed by atoms with van der Waals surface area (Å²) in [6.45, 7) is 8.62. The van der Waals surface area contributed by atoms with Gasteiger partial charge in [0.1, 0.15) is 12.1 Å². The van der Waals surface area contributed by atoms with Crippen molar-refractivity contribution in [2.45, 2.75) is 77.1 Å². The van der Waals surface area contributed by atoms with Gasteiger partial charge in [0.05, 0.1) is 33.9 Å². The van der Waals surface area contributed by atoms with Crippen LogP contribution in [0.25, 0.3) is 10.4 Å². The Labute approximate surface area is 254 Å². The Morgan fingerprint density at radius 1 is 1.09 bits per heavy atom. The van der Waals surface area contributed by atoms with Crippen LogP contribution in [0.1, 0.15) is 75.0 Å². The molecular weight excluding hydrogens is 570 g/mol. The molecule has 0 spiro atoms. The second kappa shape index (κ2) is 12.8. The molecule has 2 aromatic heterocycles. The average Bonchev–Trinajstić information content (AvgIpc) is 3.73. The number of likely N-dealkylation sites (tertiary alicyclic amines) is 2. The minimum absolute atomic E-state index is 0.0564. The number of carboxylic acid groups (broad SMARTS) is 1. The zero-order valence-corrected chi connectivity index (χ0v) is 25.7. The molecule has 43 heavy (non-hydrogen) atoms. The fourth-order valence-corrected chi connectivity index (χ4v) is 6.87. The van der Waals surface area contributed by atoms with Gasteiger partial charge in [0.2, 0.25) is 11.8 Å². The Kier molecular flexibility index (Phi) is 9.11. The molecule has 0 saturated carbocycles. The van der Waals surface area contributed by atoms with Gasteiger partial charge in [0.15, 0.2) is 0 Å². The number of hydrogen-bond acceptors (Lipinski definition) is 8. The highest BCUT2D eigenvalue weighted by Gasteiger charge is 2.43. The third kappa shape index (κ3) is 6.57. The SMILES string of the molecule is Cc1ncsc1-c1ccc([C@H](C)NC(=O)[C@@H]2C[C@@H](O)CN2C(=O)[C@H](C(C)C)n2cc(C3CCN(C(=O)O)CC3)nn2)cc1. The number of thiazole rings is 1. The van der Waals surface area contributed by atoms with E-state index >= 15 is 0 Å². The Bertz CT molecular complexity index is 1450. The molecule has 4 atom stereocenters. The lowest BCUT2D eigenvalue weighted by Gasteiger charge is -2.30. The van der Waals surface area contributed by atoms with Crippen molar-refractivity contribution in [3.8, 4) is 10.4 Å². The summed E-state index contributed by atoms with van der Waals surface area (Å²) >= 11 is 1.59. The van der Waals surface area contributed by atoms with Crippen LogP contribution in [0, 0.1) is 12.8 Å². The molecule has 0 unspecified atom stereocenters. The van der Waals surface area contributed by atoms with Crippen molar-refractivity contribution in [3.63, 3.8) is 0 Å². The van der Waals surface area contributed by atoms with Crippen molar-refractivity contribution in [2.75, 3.05) is 19.6 Å². The number of aromatic nitrogens is 4. The third-order valence-corrected chi connectivity index (χ3v) is 9.50. The Balaban J connectivity index is 1.26. The Hall–Kier alpha value is -3.84. The molecule has 1 aromatic carbocycles. The maximum atomic E-state index is 14.0. The van der Waals surface area contributed by atoms with E-state index in [4.69, 9.17) is 0 Å². The van der Waals surface area contributed by atoms with Crippen LogP contribution in [0.5, 0.6) is 0 Å². The van der Waals surface area contributed by atoms with E-state index in [9.17, 15) is 24.6 Å². The molecular formula is C30H39N7O5S. The zero-order chi connectivity index (χ0) is 30.8. The lowest BCUT2D eigenvalue weighted by molar-refractivity contribution is -0.142. The molecule has 3 aromatic rings. The summed E-state index contributed by atoms with van der Waals surface area (Å²) in [5.74, 6) is -0.703. The van der Waals surface area contributed by atoms with Gasteiger partial charge in [0, 0.05) is 38.2 Å². The van der Waals surface area contributed by atoms with E-state index in [0.29, 0.717) is 25.9 Å². The molecule has 0 aliphatic carbocycles. The maximum absolute atomic E-state index is 14.0. The van der Waals surface area contributed by atoms with Crippen LogP contribution < -0.4 is 5.32 Å². The van der Waals surface area contributed by atoms with Crippen LogP contribution >= 0.6 is 11.3 Å². The number of amides is 3. The normalized spacial score (nSPS) is 20.8. The van der Waals surface area contributed by atoms with Crippen LogP contribution in [0.2, 0.25) is 0 Å². The van der Waals surface area contributed by atoms with Gasteiger partial charge in [0.25, 0.3) is 0 Å². The van der Waals surface area contributed by atoms with E-state index in [1.807, 2.05) is 57.5 Å². The van der Waals surface area contributed by atoms with Crippen LogP contribution in [-0.2, 0) is 9.59 Å². The molecule has 2 aliphatic rings. The van der Waals surface area contributed by atoms with Gasteiger partial charge >= 0.3 is 6.09 Å². The summed E-state index contributed by atoms with van der Waals surface area (Å²) in [5.41, 5.74) is 5.53. The van der Waals surface area contributed by atoms with E-state index < -0.39 is 24.3 Å². The van der Waals surface area contributed by atoms with Crippen LogP contribution in [0.4, 0.5) is 4.79 Å². The first kappa shape index (κ1) is 30.6. The summed E-state index contributed by atoms with van der Waals surface area (Å²) in [7, 11) is 0. The summed E-state index contributed by atoms with van der Waals surface area (Å²) in [6, 6.07) is 6.17. The summed E-state index contributed by atoms with van der Waals surface area (Å²) in [5, 5.41) is 31.4. The smallest absolute Gasteiger partial charge is 0.407 e. The molecule has 13 heteroatoms. The van der Waals surface area contributed by atoms with Crippen LogP contribution in [0.3, 0.4) is 0 Å². The first-order chi connectivity index (χ1) is 20.5. The molecule has 230 valence electrons. The number of hydrogen-bond donors (Lipinski definition) is 3. The van der Waals surface area contributed by atoms with Gasteiger partial charge < -0.3 is 25.3 Å². The molecule has 2 saturated heterocycles. The lowest BCUT2D eigenvalue weighted by atomic mass is 9.94. The van der Waals surface area contributed by atoms with Crippen molar-refractivity contribution in [1.29, 1.82) is 0 Å². The minimum atomic E-state index is -0.923. The molecule has 3 N–H and O–H groups in total. The lowest BCUT2D eigenvalue weighted by Crippen LogP contribution is -2.49. The number of β-amino-alcohol motifs (C(OH)–C–C–N with tert-alkyl or cyclic N) is 1. The molecule has 0 radical (unpaired) electrons. The highest BCUT2D eigenvalue weighted by atomic mass is 32.1. The van der Waals surface area contributed by atoms with E-state index in [1.165, 1.54) is 9.80 Å². The van der Waals surface area contributed by atoms with E-state index in [2.05, 4.69) is 20.6 Å². The van der Waals surface area contributed by atoms with Crippen molar-refractivity contribution in [2.24, 2.45) is 5.92 Å². The Morgan fingerprint density at radius 3 is 2.40 bits per heavy atom. The van der Waals surface area contributed by atoms with E-state index in [1.54, 1.807) is 22.2 Å². The third-order valence-electron chi connectivity index (χ3n) is 8.52. The maximum Gasteiger partial charge on any atom is 0.407 e. The van der Waals surface area contributed by atoms with Gasteiger partial charge in [-0.05, 0) is 43.7 Å². The van der Waals surface area contributed by atoms with Gasteiger partial charge in [-0.1, -0.05) is 43.3 Å². The number of aliphatic hydroxyl groups excluding tert-OH is 1. The monoisotopic (exact) mass is 609 g/mol. The largest absolute Gasteiger partial charge is 0.465 e. The van der Waals surface area contributed by atoms with Gasteiger partial charge in [-0.2, -0.15) is 0 Å². The van der Waals surface area contributed by atoms with Gasteiger partial charge in [-0.25, -0.2) is 14.5 Å². The number of nitrogens with zero attached hydrogens (tertiary/aromatic N) is 6. The molecule has 3 amide bonds. The quantitative estimate of drug-likeness (QED) is 0.350. The fraction of sp³-hybridized carbons (Fsp3) is 0.533. The van der Waals surface area contributed by atoms with Crippen molar-refractivity contribution in [1.82, 2.24) is 35.1 Å². The number of aliphatic hydroxyl groups is 1. The van der Waals surface area contributed by atoms with Crippen molar-refractivity contribution >= 4 is 29.2 Å². The molecule has 2 aliphatic heterocycles. The predicted molar refractivity (Wildman–Crippen MR) is 160 cm³/mol. The second-order valence-corrected chi connectivity index (χ2v) is 12.7. The molecule has 2 fully saturated rings. The standard InChI is InChI=1S/C30H39N7O5S/c1-17(2)26(37-15-24(33-34-37)21-9-11-35(12-10-21)30(41)42)29(40)36-14-23(38)13-25(36)28(39)32-18(3)20-5-7-22(8-6-20)27-19(4)31-16-43-27/h5-8,15-18,21,23,25-26,38H,9-14H2,1-4H3,(H,32,39)(H,41,42)/t18-,23+,25-,26-/m0/s1. The number of rotatable bonds is 8. The second-order valence-electron chi connectivity index (χ2n) is 11.9. The van der Waals surface area contributed by atoms with E-state index in [-0.39, 0.29) is 42.7 Å². The van der Waals surface area contributed by atoms with Gasteiger partial charge in [-0.3, -0.25) is 9.59 Å². The number of aryl methyl sites for hydroxylation is 1. The number of piperidine rings is 1. The van der Waals surface area contributed by atoms with E-state index in [0.717, 1.165) is 27.4 Å².